The Balaban J connectivity index is 1.47. The number of nitrogens with two attached hydrogens (primary N) is 1. The Labute approximate surface area is 348 Å². The Morgan fingerprint density at radius 3 is 2.37 bits per heavy atom. The van der Waals surface area contributed by atoms with Crippen molar-refractivity contribution >= 4 is 40.7 Å². The maximum Gasteiger partial charge on any atom is 0.351 e. The number of amidine groups is 1. The highest BCUT2D eigenvalue weighted by molar-refractivity contribution is 7.14. The summed E-state index contributed by atoms with van der Waals surface area (Å²) in [6, 6.07) is 1.86. The summed E-state index contributed by atoms with van der Waals surface area (Å²) < 4.78 is 47.0. The molecule has 0 amide bonds. The number of nitrogens with zero attached hydrogens (tertiary/aromatic N) is 6. The summed E-state index contributed by atoms with van der Waals surface area (Å²) in [6.45, 7) is 10.6. The zero-order chi connectivity index (χ0) is 43.4. The van der Waals surface area contributed by atoms with Crippen LogP contribution in [-0.2, 0) is 54.3 Å². The van der Waals surface area contributed by atoms with Gasteiger partial charge in [-0.2, -0.15) is 0 Å². The quantitative estimate of drug-likeness (QED) is 0.111. The molecule has 3 fully saturated rings. The van der Waals surface area contributed by atoms with Crippen LogP contribution in [0.5, 0.6) is 0 Å². The lowest BCUT2D eigenvalue weighted by molar-refractivity contribution is -0.229. The predicted molar refractivity (Wildman–Crippen MR) is 212 cm³/mol. The average Bonchev–Trinajstić information content (AvgIpc) is 3.79. The fourth-order valence-electron chi connectivity index (χ4n) is 8.84. The lowest BCUT2D eigenvalue weighted by Gasteiger charge is -2.43. The summed E-state index contributed by atoms with van der Waals surface area (Å²) in [7, 11) is 5.42. The van der Waals surface area contributed by atoms with Crippen molar-refractivity contribution in [1.29, 1.82) is 0 Å². The number of rotatable bonds is 11. The van der Waals surface area contributed by atoms with Crippen molar-refractivity contribution in [3.8, 4) is 10.8 Å². The minimum Gasteiger partial charge on any atom is -0.455 e. The molecule has 0 radical (unpaired) electrons. The van der Waals surface area contributed by atoms with Gasteiger partial charge < -0.3 is 39.2 Å². The van der Waals surface area contributed by atoms with E-state index in [4.69, 9.17) is 34.3 Å². The van der Waals surface area contributed by atoms with E-state index in [1.165, 1.54) is 32.3 Å². The molecular formula is C40H58FN7O10S. The summed E-state index contributed by atoms with van der Waals surface area (Å²) in [5.74, 6) is -8.77. The molecule has 2 N–H and O–H groups in total. The van der Waals surface area contributed by atoms with E-state index in [1.807, 2.05) is 21.0 Å². The molecule has 2 aromatic rings. The zero-order valence-corrected chi connectivity index (χ0v) is 36.3. The molecule has 17 nitrogen and oxygen atoms in total. The average molecular weight is 848 g/mol. The number of ketones is 2. The van der Waals surface area contributed by atoms with Gasteiger partial charge in [0.05, 0.1) is 18.3 Å². The maximum atomic E-state index is 16.6. The molecule has 0 saturated carbocycles. The minimum atomic E-state index is -3.09. The van der Waals surface area contributed by atoms with Gasteiger partial charge >= 0.3 is 11.9 Å². The maximum absolute atomic E-state index is 16.6. The number of oxime groups is 1. The number of carbonyl (C=O) groups is 4. The van der Waals surface area contributed by atoms with Crippen LogP contribution in [0.3, 0.4) is 0 Å². The fraction of sp³-hybridized carbons (Fsp3) is 0.725. The second-order valence-electron chi connectivity index (χ2n) is 16.7. The lowest BCUT2D eigenvalue weighted by Crippen LogP contribution is -2.56. The van der Waals surface area contributed by atoms with Crippen molar-refractivity contribution in [2.45, 2.75) is 129 Å². The molecule has 12 atom stereocenters. The highest BCUT2D eigenvalue weighted by Crippen LogP contribution is 2.48. The third kappa shape index (κ3) is 9.96. The molecule has 3 aliphatic rings. The SMILES string of the molecule is CCC1OC(=O)C(C)(F)C(=O)C(C)CC(COC2CC(N(C)C)CC(C)O2)(OC)CC(C)C(=O)C(C)C2C(C(N)=NOCc3nnc(-c4ncccn4)s3)C(=O)OC12C. The second kappa shape index (κ2) is 18.7. The summed E-state index contributed by atoms with van der Waals surface area (Å²) in [4.78, 5) is 72.2. The first-order valence-corrected chi connectivity index (χ1v) is 20.8. The molecule has 3 aliphatic heterocycles. The van der Waals surface area contributed by atoms with E-state index in [9.17, 15) is 19.2 Å². The van der Waals surface area contributed by atoms with Crippen molar-refractivity contribution in [1.82, 2.24) is 25.1 Å². The van der Waals surface area contributed by atoms with Crippen LogP contribution in [0.25, 0.3) is 10.8 Å². The van der Waals surface area contributed by atoms with Crippen LogP contribution in [0.15, 0.2) is 23.6 Å². The van der Waals surface area contributed by atoms with Crippen LogP contribution < -0.4 is 5.73 Å². The monoisotopic (exact) mass is 847 g/mol. The van der Waals surface area contributed by atoms with Gasteiger partial charge in [-0.05, 0) is 66.6 Å². The summed E-state index contributed by atoms with van der Waals surface area (Å²) in [5.41, 5.74) is 0.372. The van der Waals surface area contributed by atoms with Crippen molar-refractivity contribution < 1.29 is 52.1 Å². The number of esters is 2. The van der Waals surface area contributed by atoms with Crippen molar-refractivity contribution in [2.24, 2.45) is 40.5 Å². The van der Waals surface area contributed by atoms with E-state index in [-0.39, 0.29) is 56.2 Å². The summed E-state index contributed by atoms with van der Waals surface area (Å²) in [6.07, 6.45) is 2.52. The Morgan fingerprint density at radius 1 is 1.05 bits per heavy atom. The Kier molecular flexibility index (Phi) is 14.6. The van der Waals surface area contributed by atoms with E-state index in [2.05, 4.69) is 30.2 Å². The first-order valence-electron chi connectivity index (χ1n) is 20.0. The van der Waals surface area contributed by atoms with Crippen LogP contribution in [0.1, 0.15) is 85.6 Å². The number of fused-ring (bicyclic) bond motifs is 1. The molecule has 59 heavy (non-hydrogen) atoms. The van der Waals surface area contributed by atoms with Gasteiger partial charge in [0.15, 0.2) is 46.0 Å². The number of cyclic esters (lactones) is 1. The van der Waals surface area contributed by atoms with Crippen LogP contribution >= 0.6 is 11.3 Å². The van der Waals surface area contributed by atoms with Crippen molar-refractivity contribution in [3.05, 3.63) is 23.5 Å². The Hall–Kier alpha value is -4.04. The highest BCUT2D eigenvalue weighted by atomic mass is 32.1. The first kappa shape index (κ1) is 46.0. The van der Waals surface area contributed by atoms with E-state index < -0.39 is 76.6 Å². The number of hydrogen-bond donors (Lipinski definition) is 1. The van der Waals surface area contributed by atoms with Gasteiger partial charge in [0.25, 0.3) is 5.67 Å². The highest BCUT2D eigenvalue weighted by Gasteiger charge is 2.63. The molecule has 0 aliphatic carbocycles. The van der Waals surface area contributed by atoms with Gasteiger partial charge in [0.1, 0.15) is 17.8 Å². The fourth-order valence-corrected chi connectivity index (χ4v) is 9.54. The van der Waals surface area contributed by atoms with Crippen molar-refractivity contribution in [2.75, 3.05) is 27.8 Å². The normalized spacial score (nSPS) is 36.5. The number of hydrogen-bond acceptors (Lipinski definition) is 17. The van der Waals surface area contributed by atoms with E-state index >= 15 is 4.39 Å². The van der Waals surface area contributed by atoms with Crippen molar-refractivity contribution in [3.63, 3.8) is 0 Å². The van der Waals surface area contributed by atoms with Crippen LogP contribution in [0.2, 0.25) is 0 Å². The number of carbonyl (C=O) groups excluding carboxylic acids is 4. The molecule has 3 saturated heterocycles. The molecule has 0 spiro atoms. The number of aromatic nitrogens is 4. The molecular weight excluding hydrogens is 790 g/mol. The van der Waals surface area contributed by atoms with Crippen LogP contribution in [0, 0.1) is 29.6 Å². The number of alkyl halides is 1. The molecule has 2 aromatic heterocycles. The van der Waals surface area contributed by atoms with Crippen LogP contribution in [-0.4, -0.2) is 124 Å². The van der Waals surface area contributed by atoms with E-state index in [0.29, 0.717) is 22.3 Å². The molecule has 0 aromatic carbocycles. The first-order chi connectivity index (χ1) is 27.8. The van der Waals surface area contributed by atoms with Gasteiger partial charge in [-0.1, -0.05) is 44.2 Å². The third-order valence-corrected chi connectivity index (χ3v) is 12.9. The Morgan fingerprint density at radius 2 is 1.73 bits per heavy atom. The number of Topliss-reactive ketones (excluding diaryl/α,β-unsaturated/α-hetero) is 2. The van der Waals surface area contributed by atoms with E-state index in [0.717, 1.165) is 13.3 Å². The molecule has 0 bridgehead atoms. The molecule has 326 valence electrons. The standard InChI is InChI=1S/C40H58FN7O10S/c1-11-26-39(7)30(29(36(51)58-39)33(42)47-55-19-27-45-46-35(59-27)34-43-13-12-14-44-34)24(5)31(49)21(2)17-40(53-10,18-22(3)32(50)38(6,41)37(52)57-26)20-54-28-16-25(48(8)9)15-23(4)56-28/h12-14,21-26,28-30H,11,15-20H2,1-10H3,(H2,42,47). The smallest absolute Gasteiger partial charge is 0.351 e. The van der Waals surface area contributed by atoms with Gasteiger partial charge in [0.2, 0.25) is 0 Å². The largest absolute Gasteiger partial charge is 0.455 e. The lowest BCUT2D eigenvalue weighted by atomic mass is 9.67. The minimum absolute atomic E-state index is 0.0355. The summed E-state index contributed by atoms with van der Waals surface area (Å²) in [5, 5.41) is 13.1. The third-order valence-electron chi connectivity index (χ3n) is 12.0. The van der Waals surface area contributed by atoms with Gasteiger partial charge in [0, 0.05) is 55.6 Å². The summed E-state index contributed by atoms with van der Waals surface area (Å²) >= 11 is 1.17. The van der Waals surface area contributed by atoms with Gasteiger partial charge in [-0.15, -0.1) is 10.2 Å². The van der Waals surface area contributed by atoms with E-state index in [1.54, 1.807) is 39.2 Å². The number of halogens is 1. The number of methoxy groups -OCH3 is 1. The second-order valence-corrected chi connectivity index (χ2v) is 17.8. The molecule has 5 heterocycles. The van der Waals surface area contributed by atoms with Crippen LogP contribution in [0.4, 0.5) is 4.39 Å². The molecule has 5 rings (SSSR count). The van der Waals surface area contributed by atoms with Gasteiger partial charge in [-0.3, -0.25) is 14.4 Å². The Bertz CT molecular complexity index is 1850. The van der Waals surface area contributed by atoms with Gasteiger partial charge in [-0.25, -0.2) is 19.2 Å². The predicted octanol–water partition coefficient (Wildman–Crippen LogP) is 4.08. The molecule has 12 unspecified atom stereocenters. The topological polar surface area (TPSA) is 217 Å². The number of ether oxygens (including phenoxy) is 5. The molecule has 19 heteroatoms. The zero-order valence-electron chi connectivity index (χ0n) is 35.5.